The molecule has 100 heavy (non-hydrogen) atoms. The summed E-state index contributed by atoms with van der Waals surface area (Å²) in [4.78, 5) is 51.0. The molecule has 4 aromatic carbocycles. The predicted octanol–water partition coefficient (Wildman–Crippen LogP) is 3.57. The molecule has 32 heteroatoms. The van der Waals surface area contributed by atoms with Crippen molar-refractivity contribution in [3.05, 3.63) is 163 Å². The molecule has 28 nitrogen and oxygen atoms in total. The first kappa shape index (κ1) is 76.0. The summed E-state index contributed by atoms with van der Waals surface area (Å²) < 4.78 is 35.2. The molecule has 0 fully saturated rings. The lowest BCUT2D eigenvalue weighted by Gasteiger charge is -2.25. The molecule has 0 spiro atoms. The molecular formula is C68H92N20O8S4. The molecule has 536 valence electrons. The van der Waals surface area contributed by atoms with Crippen LogP contribution in [0.15, 0.2) is 73.3 Å². The van der Waals surface area contributed by atoms with Crippen LogP contribution in [0.5, 0.6) is 23.0 Å². The molecular weight excluding hydrogens is 1350 g/mol. The first-order valence-electron chi connectivity index (χ1n) is 33.6. The van der Waals surface area contributed by atoms with E-state index in [4.69, 9.17) is 41.9 Å². The third kappa shape index (κ3) is 20.9. The van der Waals surface area contributed by atoms with E-state index in [0.29, 0.717) is 150 Å². The van der Waals surface area contributed by atoms with Crippen molar-refractivity contribution in [1.29, 1.82) is 0 Å². The Kier molecular flexibility index (Phi) is 28.4. The van der Waals surface area contributed by atoms with Gasteiger partial charge in [0.25, 0.3) is 0 Å². The lowest BCUT2D eigenvalue weighted by molar-refractivity contribution is -0.122. The Labute approximate surface area is 603 Å². The monoisotopic (exact) mass is 1440 g/mol. The van der Waals surface area contributed by atoms with Crippen LogP contribution in [-0.4, -0.2) is 157 Å². The van der Waals surface area contributed by atoms with Crippen molar-refractivity contribution < 1.29 is 38.1 Å². The summed E-state index contributed by atoms with van der Waals surface area (Å²) in [5.74, 6) is 2.15. The van der Waals surface area contributed by atoms with Gasteiger partial charge >= 0.3 is 0 Å². The fourth-order valence-electron chi connectivity index (χ4n) is 11.4. The number of fused-ring (bicyclic) bond motifs is 8. The number of hydrogen-bond donors (Lipinski definition) is 12. The smallest absolute Gasteiger partial charge is 0.238 e. The van der Waals surface area contributed by atoms with Gasteiger partial charge in [-0.25, -0.2) is 18.7 Å². The molecule has 4 heterocycles. The molecule has 0 aliphatic heterocycles. The van der Waals surface area contributed by atoms with Gasteiger partial charge in [0.15, 0.2) is 0 Å². The summed E-state index contributed by atoms with van der Waals surface area (Å²) in [5, 5.41) is 47.3. The first-order valence-corrected chi connectivity index (χ1v) is 36.2. The zero-order chi connectivity index (χ0) is 71.2. The number of hydrogen-bond acceptors (Lipinski definition) is 24. The van der Waals surface area contributed by atoms with E-state index in [9.17, 15) is 19.2 Å². The molecule has 4 atom stereocenters. The Morgan fingerprint density at radius 3 is 0.730 bits per heavy atom. The fraction of sp³-hybridized carbons (Fsp3) is 0.471. The summed E-state index contributed by atoms with van der Waals surface area (Å²) in [6, 6.07) is 14.1. The minimum atomic E-state index is -0.783. The highest BCUT2D eigenvalue weighted by atomic mass is 32.1. The summed E-state index contributed by atoms with van der Waals surface area (Å²) in [6.45, 7) is 11.6. The average Bonchev–Trinajstić information content (AvgIpc) is 0.935. The van der Waals surface area contributed by atoms with E-state index in [2.05, 4.69) is 189 Å². The van der Waals surface area contributed by atoms with E-state index in [1.54, 1.807) is 43.5 Å². The number of rotatable bonds is 36. The third-order valence-corrected chi connectivity index (χ3v) is 17.7. The number of thiol groups is 4. The molecule has 8 aromatic rings. The summed E-state index contributed by atoms with van der Waals surface area (Å²) in [5.41, 5.74) is 36.7. The van der Waals surface area contributed by atoms with Gasteiger partial charge in [0.05, 0.1) is 128 Å². The highest BCUT2D eigenvalue weighted by molar-refractivity contribution is 7.80. The fourth-order valence-corrected chi connectivity index (χ4v) is 12.1. The number of benzene rings is 4. The Bertz CT molecular complexity index is 3460. The molecule has 0 saturated carbocycles. The number of aromatic nitrogens is 12. The molecule has 4 aromatic heterocycles. The number of nitrogens with two attached hydrogens (primary N) is 4. The lowest BCUT2D eigenvalue weighted by Crippen LogP contribution is -2.41. The number of nitrogens with one attached hydrogen (secondary N) is 4. The van der Waals surface area contributed by atoms with E-state index in [1.165, 1.54) is 0 Å². The topological polar surface area (TPSA) is 380 Å². The van der Waals surface area contributed by atoms with E-state index >= 15 is 0 Å². The van der Waals surface area contributed by atoms with Gasteiger partial charge in [-0.2, -0.15) is 50.5 Å². The average molecular weight is 1450 g/mol. The maximum absolute atomic E-state index is 12.7. The lowest BCUT2D eigenvalue weighted by atomic mass is 9.88. The molecule has 0 unspecified atom stereocenters. The maximum atomic E-state index is 12.7. The van der Waals surface area contributed by atoms with Crippen LogP contribution in [0, 0.1) is 0 Å². The van der Waals surface area contributed by atoms with Crippen LogP contribution in [-0.2, 0) is 97.2 Å². The van der Waals surface area contributed by atoms with Gasteiger partial charge in [0.2, 0.25) is 23.6 Å². The van der Waals surface area contributed by atoms with E-state index < -0.39 is 24.2 Å². The van der Waals surface area contributed by atoms with Crippen molar-refractivity contribution in [2.75, 3.05) is 49.4 Å². The number of carbonyl (C=O) groups is 4. The number of carbonyl (C=O) groups excluding carboxylic acids is 4. The highest BCUT2D eigenvalue weighted by Crippen LogP contribution is 2.42. The molecule has 0 saturated heterocycles. The minimum absolute atomic E-state index is 0.115. The van der Waals surface area contributed by atoms with Gasteiger partial charge in [0.1, 0.15) is 45.8 Å². The molecule has 9 rings (SSSR count). The van der Waals surface area contributed by atoms with Crippen LogP contribution in [0.25, 0.3) is 0 Å². The van der Waals surface area contributed by atoms with Crippen LogP contribution >= 0.6 is 50.5 Å². The van der Waals surface area contributed by atoms with Crippen LogP contribution < -0.4 is 63.1 Å². The van der Waals surface area contributed by atoms with E-state index in [-0.39, 0.29) is 72.8 Å². The second-order valence-corrected chi connectivity index (χ2v) is 26.2. The second kappa shape index (κ2) is 37.4. The minimum Gasteiger partial charge on any atom is -0.493 e. The molecule has 1 aliphatic rings. The van der Waals surface area contributed by atoms with Gasteiger partial charge in [0, 0.05) is 48.7 Å². The van der Waals surface area contributed by atoms with Gasteiger partial charge in [-0.1, -0.05) is 48.5 Å². The zero-order valence-electron chi connectivity index (χ0n) is 56.9. The number of ether oxygens (including phenoxy) is 4. The largest absolute Gasteiger partial charge is 0.493 e. The molecule has 0 radical (unpaired) electrons. The molecule has 4 amide bonds. The van der Waals surface area contributed by atoms with Crippen molar-refractivity contribution in [2.45, 2.75) is 156 Å². The van der Waals surface area contributed by atoms with Crippen molar-refractivity contribution >= 4 is 74.1 Å². The SMILES string of the molecule is CCCOc1c2cc(Cn3cc(CNC(=O)[C@@H](N)CS)nn3)cc1Cc1cc(Cn3cc(CNC(=O)[C@@H](N)CS)nn3)cc(c1OCCC)Cc1cc(Cn3cc(CNC(=O)[C@@H](N)CS)nn3)cc(c1OCCC)Cc1cc(Cn3cc(CNC(=O)[C@@H](N)CS)nn3)cc(c1OCCC)C2. The van der Waals surface area contributed by atoms with Crippen LogP contribution in [0.1, 0.15) is 143 Å². The Morgan fingerprint density at radius 2 is 0.560 bits per heavy atom. The highest BCUT2D eigenvalue weighted by Gasteiger charge is 2.27. The van der Waals surface area contributed by atoms with Gasteiger partial charge in [-0.05, 0) is 141 Å². The number of nitrogens with zero attached hydrogens (tertiary/aromatic N) is 12. The van der Waals surface area contributed by atoms with Crippen LogP contribution in [0.3, 0.4) is 0 Å². The Morgan fingerprint density at radius 1 is 0.370 bits per heavy atom. The number of amides is 4. The van der Waals surface area contributed by atoms with Crippen molar-refractivity contribution in [3.8, 4) is 23.0 Å². The molecule has 8 bridgehead atoms. The summed E-state index contributed by atoms with van der Waals surface area (Å²) in [7, 11) is 0. The standard InChI is InChI=1S/C68H92N20O8S4/c1-5-9-93-61-45-13-41(29-85-33-53(77-81-85)25-73-65(89)57(69)37-97)14-46(61)22-48-16-43(31-87-35-55(79-83-87)27-75-67(91)59(71)39-99)18-50(63(48)95-11-7-3)24-52-20-44(32-88-36-56(80-84-88)28-76-68(92)60(72)40-100)19-51(64(52)96-12-8-4)23-49-17-42(15-47(21-45)62(49)94-10-6-2)30-86-34-54(78-82-86)26-74-66(90)58(70)38-98/h13-20,33-36,57-60,97-100H,5-12,21-32,37-40,69-72H2,1-4H3,(H,73,89)(H,74,90)(H,75,91)(H,76,92)/t57-,58-,59-,60-/m0/s1. The normalized spacial score (nSPS) is 13.2. The molecule has 12 N–H and O–H groups in total. The zero-order valence-corrected chi connectivity index (χ0v) is 60.5. The first-order chi connectivity index (χ1) is 48.4. The van der Waals surface area contributed by atoms with Crippen LogP contribution in [0.2, 0.25) is 0 Å². The second-order valence-electron chi connectivity index (χ2n) is 24.7. The summed E-state index contributed by atoms with van der Waals surface area (Å²) in [6.07, 6.45) is 11.4. The van der Waals surface area contributed by atoms with Gasteiger partial charge < -0.3 is 63.1 Å². The van der Waals surface area contributed by atoms with Gasteiger partial charge in [-0.3, -0.25) is 19.2 Å². The van der Waals surface area contributed by atoms with Crippen LogP contribution in [0.4, 0.5) is 0 Å². The predicted molar refractivity (Wildman–Crippen MR) is 391 cm³/mol. The Hall–Kier alpha value is -8.24. The van der Waals surface area contributed by atoms with Crippen molar-refractivity contribution in [3.63, 3.8) is 0 Å². The van der Waals surface area contributed by atoms with E-state index in [0.717, 1.165) is 66.8 Å². The van der Waals surface area contributed by atoms with Crippen molar-refractivity contribution in [2.24, 2.45) is 22.9 Å². The summed E-state index contributed by atoms with van der Waals surface area (Å²) >= 11 is 16.8. The van der Waals surface area contributed by atoms with Gasteiger partial charge in [-0.15, -0.1) is 20.4 Å². The quantitative estimate of drug-likeness (QED) is 0.0250. The van der Waals surface area contributed by atoms with E-state index in [1.807, 2.05) is 0 Å². The molecule has 1 aliphatic carbocycles. The maximum Gasteiger partial charge on any atom is 0.238 e. The third-order valence-electron chi connectivity index (χ3n) is 16.2. The van der Waals surface area contributed by atoms with Crippen molar-refractivity contribution in [1.82, 2.24) is 81.2 Å². The Balaban J connectivity index is 1.27.